The van der Waals surface area contributed by atoms with Gasteiger partial charge in [-0.25, -0.2) is 18.6 Å². The Morgan fingerprint density at radius 1 is 1.23 bits per heavy atom. The topological polar surface area (TPSA) is 96.2 Å². The number of aromatic nitrogens is 3. The van der Waals surface area contributed by atoms with Crippen molar-refractivity contribution in [2.45, 2.75) is 31.8 Å². The van der Waals surface area contributed by atoms with Crippen molar-refractivity contribution in [1.29, 1.82) is 0 Å². The number of anilines is 1. The first-order chi connectivity index (χ1) is 15.1. The molecule has 0 bridgehead atoms. The summed E-state index contributed by atoms with van der Waals surface area (Å²) in [4.78, 5) is 18.4. The van der Waals surface area contributed by atoms with Crippen molar-refractivity contribution in [3.05, 3.63) is 36.4 Å². The number of oxazole rings is 1. The smallest absolute Gasteiger partial charge is 0.323 e. The van der Waals surface area contributed by atoms with Crippen LogP contribution in [0.3, 0.4) is 0 Å². The van der Waals surface area contributed by atoms with Crippen LogP contribution in [0.5, 0.6) is 0 Å². The van der Waals surface area contributed by atoms with Crippen molar-refractivity contribution in [3.63, 3.8) is 0 Å². The summed E-state index contributed by atoms with van der Waals surface area (Å²) in [7, 11) is 0. The zero-order chi connectivity index (χ0) is 21.8. The van der Waals surface area contributed by atoms with E-state index < -0.39 is 19.4 Å². The molecule has 0 atom stereocenters. The van der Waals surface area contributed by atoms with Gasteiger partial charge in [-0.3, -0.25) is 5.32 Å². The fraction of sp³-hybridized carbons (Fsp3) is 0.429. The Morgan fingerprint density at radius 2 is 2.00 bits per heavy atom. The van der Waals surface area contributed by atoms with Crippen LogP contribution >= 0.6 is 0 Å². The van der Waals surface area contributed by atoms with Gasteiger partial charge in [-0.1, -0.05) is 0 Å². The van der Waals surface area contributed by atoms with Gasteiger partial charge >= 0.3 is 6.03 Å². The molecule has 164 valence electrons. The number of fused-ring (bicyclic) bond motifs is 1. The molecule has 31 heavy (non-hydrogen) atoms. The molecule has 4 rings (SSSR count). The van der Waals surface area contributed by atoms with Crippen molar-refractivity contribution in [2.24, 2.45) is 0 Å². The van der Waals surface area contributed by atoms with E-state index >= 15 is 0 Å². The lowest BCUT2D eigenvalue weighted by Gasteiger charge is -2.33. The summed E-state index contributed by atoms with van der Waals surface area (Å²) in [5.41, 5.74) is 1.55. The number of urea groups is 1. The van der Waals surface area contributed by atoms with E-state index in [0.717, 1.165) is 10.9 Å². The largest absolute Gasteiger partial charge is 0.441 e. The molecule has 0 aliphatic carbocycles. The van der Waals surface area contributed by atoms with Crippen molar-refractivity contribution in [3.8, 4) is 11.3 Å². The minimum atomic E-state index is -0.774. The molecule has 0 saturated carbocycles. The highest BCUT2D eigenvalue weighted by Crippen LogP contribution is 2.25. The molecule has 3 aromatic rings. The van der Waals surface area contributed by atoms with Crippen molar-refractivity contribution in [2.75, 3.05) is 31.8 Å². The summed E-state index contributed by atoms with van der Waals surface area (Å²) in [6.07, 6.45) is 2.93. The standard InChI is InChI=1S/C21H24F2N6O2/c1-13-24-12-19(31-13)14-2-3-18-15(8-14)9-20(28-27-18)26-21(30)29-6-4-16(5-7-29)25-17(10-22)11-23/h2-3,8-9,12,16-17,25H,4-7,10-11H2,1H3,(H,26,28,30). The van der Waals surface area contributed by atoms with Crippen LogP contribution in [0.4, 0.5) is 19.4 Å². The molecule has 1 fully saturated rings. The molecule has 1 aliphatic heterocycles. The van der Waals surface area contributed by atoms with Gasteiger partial charge in [-0.15, -0.1) is 10.2 Å². The number of amides is 2. The Hall–Kier alpha value is -3.14. The summed E-state index contributed by atoms with van der Waals surface area (Å²) in [6.45, 7) is 1.28. The molecule has 8 nitrogen and oxygen atoms in total. The van der Waals surface area contributed by atoms with Gasteiger partial charge in [-0.2, -0.15) is 0 Å². The summed E-state index contributed by atoms with van der Waals surface area (Å²) in [5, 5.41) is 14.8. The number of piperidine rings is 1. The Labute approximate surface area is 178 Å². The lowest BCUT2D eigenvalue weighted by atomic mass is 10.0. The summed E-state index contributed by atoms with van der Waals surface area (Å²) in [6, 6.07) is 6.33. The predicted octanol–water partition coefficient (Wildman–Crippen LogP) is 3.49. The van der Waals surface area contributed by atoms with Crippen LogP contribution in [-0.4, -0.2) is 64.6 Å². The maximum Gasteiger partial charge on any atom is 0.323 e. The minimum Gasteiger partial charge on any atom is -0.441 e. The van der Waals surface area contributed by atoms with E-state index in [9.17, 15) is 13.6 Å². The first kappa shape index (κ1) is 21.1. The summed E-state index contributed by atoms with van der Waals surface area (Å²) >= 11 is 0. The second-order valence-electron chi connectivity index (χ2n) is 7.61. The average Bonchev–Trinajstić information content (AvgIpc) is 3.23. The van der Waals surface area contributed by atoms with Crippen molar-refractivity contribution >= 4 is 22.8 Å². The molecule has 0 unspecified atom stereocenters. The fourth-order valence-corrected chi connectivity index (χ4v) is 3.66. The zero-order valence-electron chi connectivity index (χ0n) is 17.1. The Morgan fingerprint density at radius 3 is 2.68 bits per heavy atom. The van der Waals surface area contributed by atoms with E-state index in [0.29, 0.717) is 48.9 Å². The van der Waals surface area contributed by atoms with E-state index in [1.54, 1.807) is 24.1 Å². The molecule has 10 heteroatoms. The quantitative estimate of drug-likeness (QED) is 0.622. The van der Waals surface area contributed by atoms with E-state index in [-0.39, 0.29) is 12.1 Å². The number of carbonyl (C=O) groups excluding carboxylic acids is 1. The third kappa shape index (κ3) is 4.96. The lowest BCUT2D eigenvalue weighted by Crippen LogP contribution is -2.49. The fourth-order valence-electron chi connectivity index (χ4n) is 3.66. The van der Waals surface area contributed by atoms with Gasteiger partial charge in [0.05, 0.1) is 17.8 Å². The van der Waals surface area contributed by atoms with Gasteiger partial charge in [0.25, 0.3) is 0 Å². The Kier molecular flexibility index (Phi) is 6.36. The van der Waals surface area contributed by atoms with Crippen LogP contribution in [0.15, 0.2) is 34.9 Å². The Balaban J connectivity index is 1.39. The molecule has 3 heterocycles. The van der Waals surface area contributed by atoms with Crippen LogP contribution in [0, 0.1) is 6.92 Å². The summed E-state index contributed by atoms with van der Waals surface area (Å²) < 4.78 is 31.0. The van der Waals surface area contributed by atoms with Gasteiger partial charge in [-0.05, 0) is 37.1 Å². The molecule has 2 N–H and O–H groups in total. The van der Waals surface area contributed by atoms with E-state index in [4.69, 9.17) is 4.42 Å². The number of halogens is 2. The molecule has 2 amide bonds. The van der Waals surface area contributed by atoms with Crippen molar-refractivity contribution in [1.82, 2.24) is 25.4 Å². The average molecular weight is 430 g/mol. The molecule has 0 spiro atoms. The monoisotopic (exact) mass is 430 g/mol. The van der Waals surface area contributed by atoms with Crippen LogP contribution in [0.25, 0.3) is 22.2 Å². The molecule has 0 radical (unpaired) electrons. The third-order valence-electron chi connectivity index (χ3n) is 5.35. The maximum absolute atomic E-state index is 12.7. The number of rotatable bonds is 6. The number of nitrogens with zero attached hydrogens (tertiary/aromatic N) is 4. The lowest BCUT2D eigenvalue weighted by molar-refractivity contribution is 0.179. The number of nitrogens with one attached hydrogen (secondary N) is 2. The zero-order valence-corrected chi connectivity index (χ0v) is 17.1. The number of carbonyl (C=O) groups is 1. The second-order valence-corrected chi connectivity index (χ2v) is 7.61. The van der Waals surface area contributed by atoms with Crippen LogP contribution in [0.1, 0.15) is 18.7 Å². The predicted molar refractivity (Wildman–Crippen MR) is 112 cm³/mol. The van der Waals surface area contributed by atoms with Gasteiger partial charge in [0, 0.05) is 37.0 Å². The highest BCUT2D eigenvalue weighted by Gasteiger charge is 2.25. The molecule has 1 saturated heterocycles. The van der Waals surface area contributed by atoms with Gasteiger partial charge in [0.15, 0.2) is 17.5 Å². The van der Waals surface area contributed by atoms with Gasteiger partial charge in [0.1, 0.15) is 13.3 Å². The Bertz CT molecular complexity index is 1050. The molecular formula is C21H24F2N6O2. The summed E-state index contributed by atoms with van der Waals surface area (Å²) in [5.74, 6) is 1.58. The number of hydrogen-bond donors (Lipinski definition) is 2. The third-order valence-corrected chi connectivity index (χ3v) is 5.35. The minimum absolute atomic E-state index is 0.000779. The highest BCUT2D eigenvalue weighted by atomic mass is 19.1. The van der Waals surface area contributed by atoms with E-state index in [1.165, 1.54) is 0 Å². The van der Waals surface area contributed by atoms with Crippen LogP contribution in [-0.2, 0) is 0 Å². The SMILES string of the molecule is Cc1ncc(-c2ccc3nnc(NC(=O)N4CCC(NC(CF)CF)CC4)cc3c2)o1. The number of aryl methyl sites for hydroxylation is 1. The molecule has 1 aliphatic rings. The molecule has 1 aromatic carbocycles. The van der Waals surface area contributed by atoms with Crippen molar-refractivity contribution < 1.29 is 18.0 Å². The highest BCUT2D eigenvalue weighted by molar-refractivity contribution is 5.91. The first-order valence-electron chi connectivity index (χ1n) is 10.2. The maximum atomic E-state index is 12.7. The molecular weight excluding hydrogens is 406 g/mol. The van der Waals surface area contributed by atoms with E-state index in [2.05, 4.69) is 25.8 Å². The first-order valence-corrected chi connectivity index (χ1v) is 10.2. The van der Waals surface area contributed by atoms with Crippen LogP contribution < -0.4 is 10.6 Å². The van der Waals surface area contributed by atoms with Gasteiger partial charge in [0.2, 0.25) is 0 Å². The normalized spacial score (nSPS) is 15.0. The van der Waals surface area contributed by atoms with Crippen LogP contribution in [0.2, 0.25) is 0 Å². The van der Waals surface area contributed by atoms with E-state index in [1.807, 2.05) is 18.2 Å². The number of likely N-dealkylation sites (tertiary alicyclic amines) is 1. The van der Waals surface area contributed by atoms with Gasteiger partial charge < -0.3 is 14.6 Å². The second kappa shape index (κ2) is 9.34. The number of alkyl halides is 2. The molecule has 2 aromatic heterocycles. The number of hydrogen-bond acceptors (Lipinski definition) is 6. The number of benzene rings is 1.